The van der Waals surface area contributed by atoms with Crippen LogP contribution >= 0.6 is 0 Å². The van der Waals surface area contributed by atoms with Crippen LogP contribution in [-0.2, 0) is 19.4 Å². The van der Waals surface area contributed by atoms with E-state index >= 15 is 0 Å². The standard InChI is InChI=1S/C23H28N4O3/c1-4-5-8-21-25-20(14-16(2)3)26-27(21)15-17-9-11-18(12-10-17)22-19(30-23(28)29)7-6-13-24-22/h6-7,9-13,16H,4-5,8,14-15H2,1-3H3,(H,28,29). The van der Waals surface area contributed by atoms with E-state index in [0.29, 0.717) is 18.2 Å². The number of aryl methyl sites for hydroxylation is 1. The van der Waals surface area contributed by atoms with Gasteiger partial charge in [0.05, 0.1) is 6.54 Å². The molecule has 1 aromatic carbocycles. The molecule has 0 saturated heterocycles. The highest BCUT2D eigenvalue weighted by Crippen LogP contribution is 2.28. The molecule has 0 fully saturated rings. The fourth-order valence-corrected chi connectivity index (χ4v) is 3.25. The zero-order valence-corrected chi connectivity index (χ0v) is 17.7. The lowest BCUT2D eigenvalue weighted by Gasteiger charge is -2.09. The van der Waals surface area contributed by atoms with Gasteiger partial charge in [-0.1, -0.05) is 51.5 Å². The molecule has 1 N–H and O–H groups in total. The molecule has 0 unspecified atom stereocenters. The smallest absolute Gasteiger partial charge is 0.449 e. The Morgan fingerprint density at radius 3 is 2.63 bits per heavy atom. The Morgan fingerprint density at radius 2 is 1.97 bits per heavy atom. The number of ether oxygens (including phenoxy) is 1. The first-order chi connectivity index (χ1) is 14.5. The van der Waals surface area contributed by atoms with Gasteiger partial charge in [0.1, 0.15) is 11.5 Å². The number of hydrogen-bond donors (Lipinski definition) is 1. The Hall–Kier alpha value is -3.22. The van der Waals surface area contributed by atoms with Crippen LogP contribution in [0.3, 0.4) is 0 Å². The van der Waals surface area contributed by atoms with E-state index in [-0.39, 0.29) is 5.75 Å². The highest BCUT2D eigenvalue weighted by atomic mass is 16.7. The van der Waals surface area contributed by atoms with Crippen LogP contribution in [0.25, 0.3) is 11.3 Å². The molecule has 0 atom stereocenters. The van der Waals surface area contributed by atoms with Gasteiger partial charge in [0.2, 0.25) is 0 Å². The fraction of sp³-hybridized carbons (Fsp3) is 0.391. The molecule has 0 aliphatic rings. The Morgan fingerprint density at radius 1 is 1.20 bits per heavy atom. The first-order valence-corrected chi connectivity index (χ1v) is 10.3. The average Bonchev–Trinajstić information content (AvgIpc) is 3.07. The molecular formula is C23H28N4O3. The second-order valence-corrected chi connectivity index (χ2v) is 7.72. The fourth-order valence-electron chi connectivity index (χ4n) is 3.25. The summed E-state index contributed by atoms with van der Waals surface area (Å²) in [5.74, 6) is 2.66. The molecule has 158 valence electrons. The largest absolute Gasteiger partial charge is 0.511 e. The third kappa shape index (κ3) is 5.65. The summed E-state index contributed by atoms with van der Waals surface area (Å²) in [4.78, 5) is 20.0. The van der Waals surface area contributed by atoms with E-state index in [1.807, 2.05) is 28.9 Å². The van der Waals surface area contributed by atoms with Gasteiger partial charge < -0.3 is 9.84 Å². The molecule has 2 aromatic heterocycles. The highest BCUT2D eigenvalue weighted by Gasteiger charge is 2.13. The van der Waals surface area contributed by atoms with Crippen molar-refractivity contribution in [3.8, 4) is 17.0 Å². The minimum Gasteiger partial charge on any atom is -0.449 e. The van der Waals surface area contributed by atoms with Crippen molar-refractivity contribution in [2.75, 3.05) is 0 Å². The summed E-state index contributed by atoms with van der Waals surface area (Å²) in [6, 6.07) is 11.1. The molecule has 0 aliphatic heterocycles. The maximum absolute atomic E-state index is 10.9. The number of carboxylic acid groups (broad SMARTS) is 1. The molecule has 0 bridgehead atoms. The normalized spacial score (nSPS) is 11.1. The Bertz CT molecular complexity index is 980. The Kier molecular flexibility index (Phi) is 7.17. The molecule has 0 radical (unpaired) electrons. The van der Waals surface area contributed by atoms with Gasteiger partial charge in [-0.2, -0.15) is 5.10 Å². The molecule has 3 aromatic rings. The van der Waals surface area contributed by atoms with Crippen LogP contribution in [0.2, 0.25) is 0 Å². The maximum Gasteiger partial charge on any atom is 0.511 e. The van der Waals surface area contributed by atoms with Crippen molar-refractivity contribution in [3.05, 3.63) is 59.8 Å². The van der Waals surface area contributed by atoms with E-state index in [2.05, 4.69) is 25.8 Å². The lowest BCUT2D eigenvalue weighted by atomic mass is 10.1. The monoisotopic (exact) mass is 408 g/mol. The van der Waals surface area contributed by atoms with Crippen LogP contribution < -0.4 is 4.74 Å². The van der Waals surface area contributed by atoms with Crippen LogP contribution in [0.4, 0.5) is 4.79 Å². The summed E-state index contributed by atoms with van der Waals surface area (Å²) in [6.07, 6.45) is 4.25. The lowest BCUT2D eigenvalue weighted by Crippen LogP contribution is -2.07. The summed E-state index contributed by atoms with van der Waals surface area (Å²) in [7, 11) is 0. The number of carbonyl (C=O) groups is 1. The van der Waals surface area contributed by atoms with Crippen LogP contribution in [0.5, 0.6) is 5.75 Å². The Labute approximate surface area is 176 Å². The number of hydrogen-bond acceptors (Lipinski definition) is 5. The molecule has 2 heterocycles. The molecule has 7 heteroatoms. The lowest BCUT2D eigenvalue weighted by molar-refractivity contribution is 0.144. The van der Waals surface area contributed by atoms with Crippen molar-refractivity contribution in [1.82, 2.24) is 19.7 Å². The number of benzene rings is 1. The first-order valence-electron chi connectivity index (χ1n) is 10.3. The number of aromatic nitrogens is 4. The minimum atomic E-state index is -1.36. The minimum absolute atomic E-state index is 0.217. The van der Waals surface area contributed by atoms with Crippen LogP contribution in [-0.4, -0.2) is 31.0 Å². The summed E-state index contributed by atoms with van der Waals surface area (Å²) in [6.45, 7) is 7.16. The third-order valence-electron chi connectivity index (χ3n) is 4.66. The zero-order chi connectivity index (χ0) is 21.5. The van der Waals surface area contributed by atoms with E-state index in [1.54, 1.807) is 18.3 Å². The second-order valence-electron chi connectivity index (χ2n) is 7.72. The van der Waals surface area contributed by atoms with Crippen molar-refractivity contribution in [2.45, 2.75) is 53.0 Å². The van der Waals surface area contributed by atoms with Gasteiger partial charge in [0.15, 0.2) is 11.6 Å². The summed E-state index contributed by atoms with van der Waals surface area (Å²) < 4.78 is 6.85. The van der Waals surface area contributed by atoms with Crippen molar-refractivity contribution in [1.29, 1.82) is 0 Å². The third-order valence-corrected chi connectivity index (χ3v) is 4.66. The number of rotatable bonds is 9. The van der Waals surface area contributed by atoms with Crippen molar-refractivity contribution < 1.29 is 14.6 Å². The van der Waals surface area contributed by atoms with Gasteiger partial charge in [-0.05, 0) is 30.0 Å². The summed E-state index contributed by atoms with van der Waals surface area (Å²) in [5.41, 5.74) is 2.38. The van der Waals surface area contributed by atoms with Crippen LogP contribution in [0, 0.1) is 5.92 Å². The van der Waals surface area contributed by atoms with Crippen LogP contribution in [0.1, 0.15) is 50.8 Å². The predicted octanol–water partition coefficient (Wildman–Crippen LogP) is 4.99. The zero-order valence-electron chi connectivity index (χ0n) is 17.7. The number of pyridine rings is 1. The molecule has 3 rings (SSSR count). The number of unbranched alkanes of at least 4 members (excludes halogenated alkanes) is 1. The summed E-state index contributed by atoms with van der Waals surface area (Å²) in [5, 5.41) is 13.7. The van der Waals surface area contributed by atoms with Crippen molar-refractivity contribution >= 4 is 6.16 Å². The number of nitrogens with zero attached hydrogens (tertiary/aromatic N) is 4. The quantitative estimate of drug-likeness (QED) is 0.502. The molecule has 30 heavy (non-hydrogen) atoms. The molecule has 0 aliphatic carbocycles. The van der Waals surface area contributed by atoms with Gasteiger partial charge in [-0.3, -0.25) is 4.98 Å². The van der Waals surface area contributed by atoms with E-state index in [9.17, 15) is 4.79 Å². The molecule has 0 saturated carbocycles. The van der Waals surface area contributed by atoms with Gasteiger partial charge in [0, 0.05) is 24.6 Å². The van der Waals surface area contributed by atoms with E-state index in [1.165, 1.54) is 0 Å². The van der Waals surface area contributed by atoms with Gasteiger partial charge >= 0.3 is 6.16 Å². The van der Waals surface area contributed by atoms with Gasteiger partial charge in [-0.25, -0.2) is 14.5 Å². The first kappa shape index (κ1) is 21.5. The highest BCUT2D eigenvalue weighted by molar-refractivity contribution is 5.71. The molecular weight excluding hydrogens is 380 g/mol. The second kappa shape index (κ2) is 10.0. The predicted molar refractivity (Wildman–Crippen MR) is 115 cm³/mol. The van der Waals surface area contributed by atoms with Gasteiger partial charge in [0.25, 0.3) is 0 Å². The Balaban J connectivity index is 1.81. The van der Waals surface area contributed by atoms with Crippen LogP contribution in [0.15, 0.2) is 42.6 Å². The molecule has 0 spiro atoms. The van der Waals surface area contributed by atoms with Crippen molar-refractivity contribution in [3.63, 3.8) is 0 Å². The average molecular weight is 409 g/mol. The van der Waals surface area contributed by atoms with Gasteiger partial charge in [-0.15, -0.1) is 0 Å². The van der Waals surface area contributed by atoms with E-state index in [0.717, 1.165) is 48.5 Å². The van der Waals surface area contributed by atoms with E-state index < -0.39 is 6.16 Å². The topological polar surface area (TPSA) is 90.1 Å². The molecule has 0 amide bonds. The summed E-state index contributed by atoms with van der Waals surface area (Å²) >= 11 is 0. The maximum atomic E-state index is 10.9. The van der Waals surface area contributed by atoms with Crippen molar-refractivity contribution in [2.24, 2.45) is 5.92 Å². The molecule has 7 nitrogen and oxygen atoms in total. The van der Waals surface area contributed by atoms with E-state index in [4.69, 9.17) is 19.9 Å². The SMILES string of the molecule is CCCCc1nc(CC(C)C)nn1Cc1ccc(-c2ncccc2OC(=O)O)cc1.